The average Bonchev–Trinajstić information content (AvgIpc) is 2.84. The zero-order chi connectivity index (χ0) is 24.5. The quantitative estimate of drug-likeness (QED) is 0.0964. The van der Waals surface area contributed by atoms with Crippen LogP contribution in [0.25, 0.3) is 0 Å². The molecule has 0 amide bonds. The molecule has 0 fully saturated rings. The smallest absolute Gasteiger partial charge is 0.306 e. The molecule has 0 aliphatic carbocycles. The Morgan fingerprint density at radius 1 is 0.794 bits per heavy atom. The number of aromatic nitrogens is 1. The van der Waals surface area contributed by atoms with Crippen molar-refractivity contribution in [2.24, 2.45) is 5.92 Å². The Balaban J connectivity index is 1.79. The molecule has 1 rings (SSSR count). The first-order valence-corrected chi connectivity index (χ1v) is 14.0. The van der Waals surface area contributed by atoms with E-state index in [2.05, 4.69) is 43.1 Å². The predicted molar refractivity (Wildman–Crippen MR) is 146 cm³/mol. The standard InChI is InChI=1S/C31H51NO2/c1-29(2)23-20-18-16-14-12-10-8-6-4-3-5-7-9-11-13-15-17-19-21-25-31(33)34-28-30-24-22-26-32-27-30/h7,9,15,17,22,24,26-27,29H,3-6,8,10-14,16,18-21,23,25,28H2,1-2H3/b9-7-,17-15-. The summed E-state index contributed by atoms with van der Waals surface area (Å²) in [6.07, 6.45) is 33.7. The molecule has 0 saturated heterocycles. The van der Waals surface area contributed by atoms with Crippen molar-refractivity contribution in [1.29, 1.82) is 0 Å². The van der Waals surface area contributed by atoms with Crippen LogP contribution in [0, 0.1) is 5.92 Å². The second-order valence-corrected chi connectivity index (χ2v) is 9.94. The van der Waals surface area contributed by atoms with Crippen molar-refractivity contribution < 1.29 is 9.53 Å². The van der Waals surface area contributed by atoms with Gasteiger partial charge in [-0.2, -0.15) is 0 Å². The normalized spacial score (nSPS) is 11.7. The first-order chi connectivity index (χ1) is 16.7. The Morgan fingerprint density at radius 3 is 1.94 bits per heavy atom. The van der Waals surface area contributed by atoms with E-state index in [-0.39, 0.29) is 5.97 Å². The van der Waals surface area contributed by atoms with Gasteiger partial charge in [0.15, 0.2) is 0 Å². The molecule has 0 spiro atoms. The lowest BCUT2D eigenvalue weighted by Crippen LogP contribution is -2.04. The largest absolute Gasteiger partial charge is 0.461 e. The van der Waals surface area contributed by atoms with Gasteiger partial charge in [-0.1, -0.05) is 108 Å². The Kier molecular flexibility index (Phi) is 20.3. The first-order valence-electron chi connectivity index (χ1n) is 14.0. The van der Waals surface area contributed by atoms with E-state index in [9.17, 15) is 4.79 Å². The van der Waals surface area contributed by atoms with E-state index in [0.717, 1.165) is 37.2 Å². The minimum Gasteiger partial charge on any atom is -0.461 e. The zero-order valence-electron chi connectivity index (χ0n) is 22.2. The summed E-state index contributed by atoms with van der Waals surface area (Å²) in [6.45, 7) is 4.97. The van der Waals surface area contributed by atoms with Crippen LogP contribution in [-0.4, -0.2) is 11.0 Å². The van der Waals surface area contributed by atoms with Gasteiger partial charge in [-0.25, -0.2) is 0 Å². The summed E-state index contributed by atoms with van der Waals surface area (Å²) in [5.41, 5.74) is 0.928. The van der Waals surface area contributed by atoms with E-state index in [4.69, 9.17) is 4.74 Å². The maximum atomic E-state index is 11.7. The van der Waals surface area contributed by atoms with Gasteiger partial charge in [-0.3, -0.25) is 9.78 Å². The second kappa shape index (κ2) is 22.9. The number of rotatable bonds is 22. The summed E-state index contributed by atoms with van der Waals surface area (Å²) in [5, 5.41) is 0. The lowest BCUT2D eigenvalue weighted by molar-refractivity contribution is -0.145. The van der Waals surface area contributed by atoms with Crippen LogP contribution in [-0.2, 0) is 16.1 Å². The minimum atomic E-state index is -0.132. The van der Waals surface area contributed by atoms with Crippen LogP contribution in [0.4, 0.5) is 0 Å². The predicted octanol–water partition coefficient (Wildman–Crippen LogP) is 9.52. The van der Waals surface area contributed by atoms with Crippen LogP contribution in [0.3, 0.4) is 0 Å². The molecule has 0 bridgehead atoms. The van der Waals surface area contributed by atoms with Crippen molar-refractivity contribution in [3.63, 3.8) is 0 Å². The fourth-order valence-electron chi connectivity index (χ4n) is 3.98. The number of allylic oxidation sites excluding steroid dienone is 4. The summed E-state index contributed by atoms with van der Waals surface area (Å²) < 4.78 is 5.26. The molecule has 0 radical (unpaired) electrons. The van der Waals surface area contributed by atoms with Gasteiger partial charge in [0.05, 0.1) is 0 Å². The monoisotopic (exact) mass is 469 g/mol. The summed E-state index contributed by atoms with van der Waals surface area (Å²) in [5.74, 6) is 0.740. The van der Waals surface area contributed by atoms with Crippen LogP contribution in [0.5, 0.6) is 0 Å². The van der Waals surface area contributed by atoms with E-state index in [0.29, 0.717) is 13.0 Å². The number of esters is 1. The lowest BCUT2D eigenvalue weighted by Gasteiger charge is -2.04. The van der Waals surface area contributed by atoms with E-state index < -0.39 is 0 Å². The molecule has 0 aliphatic rings. The van der Waals surface area contributed by atoms with Crippen LogP contribution < -0.4 is 0 Å². The molecule has 192 valence electrons. The molecule has 0 aliphatic heterocycles. The highest BCUT2D eigenvalue weighted by molar-refractivity contribution is 5.69. The molecule has 0 atom stereocenters. The van der Waals surface area contributed by atoms with Crippen LogP contribution >= 0.6 is 0 Å². The molecule has 1 heterocycles. The molecular weight excluding hydrogens is 418 g/mol. The van der Waals surface area contributed by atoms with Gasteiger partial charge < -0.3 is 4.74 Å². The number of hydrogen-bond acceptors (Lipinski definition) is 3. The van der Waals surface area contributed by atoms with E-state index in [1.165, 1.54) is 77.0 Å². The van der Waals surface area contributed by atoms with Gasteiger partial charge in [-0.05, 0) is 50.5 Å². The molecule has 0 unspecified atom stereocenters. The average molecular weight is 470 g/mol. The highest BCUT2D eigenvalue weighted by Gasteiger charge is 2.02. The topological polar surface area (TPSA) is 39.2 Å². The molecule has 1 aromatic heterocycles. The SMILES string of the molecule is CC(C)CCCCCCCCCCCC/C=C\CC/C=C\CCCC(=O)OCc1cccnc1. The maximum absolute atomic E-state index is 11.7. The van der Waals surface area contributed by atoms with Crippen molar-refractivity contribution in [2.75, 3.05) is 0 Å². The lowest BCUT2D eigenvalue weighted by atomic mass is 10.0. The molecule has 34 heavy (non-hydrogen) atoms. The van der Waals surface area contributed by atoms with Crippen molar-refractivity contribution in [3.05, 3.63) is 54.4 Å². The molecule has 0 N–H and O–H groups in total. The van der Waals surface area contributed by atoms with Crippen molar-refractivity contribution >= 4 is 5.97 Å². The fourth-order valence-corrected chi connectivity index (χ4v) is 3.98. The van der Waals surface area contributed by atoms with Gasteiger partial charge >= 0.3 is 5.97 Å². The Hall–Kier alpha value is -1.90. The summed E-state index contributed by atoms with van der Waals surface area (Å²) >= 11 is 0. The van der Waals surface area contributed by atoms with Crippen molar-refractivity contribution in [2.45, 2.75) is 130 Å². The number of ether oxygens (including phenoxy) is 1. The third-order valence-corrected chi connectivity index (χ3v) is 6.11. The van der Waals surface area contributed by atoms with Gasteiger partial charge in [-0.15, -0.1) is 0 Å². The van der Waals surface area contributed by atoms with E-state index in [1.807, 2.05) is 12.1 Å². The number of pyridine rings is 1. The summed E-state index contributed by atoms with van der Waals surface area (Å²) in [7, 11) is 0. The number of nitrogens with zero attached hydrogens (tertiary/aromatic N) is 1. The summed E-state index contributed by atoms with van der Waals surface area (Å²) in [4.78, 5) is 15.8. The minimum absolute atomic E-state index is 0.132. The second-order valence-electron chi connectivity index (χ2n) is 9.94. The van der Waals surface area contributed by atoms with Gasteiger partial charge in [0.2, 0.25) is 0 Å². The highest BCUT2D eigenvalue weighted by atomic mass is 16.5. The maximum Gasteiger partial charge on any atom is 0.306 e. The molecule has 1 aromatic rings. The fraction of sp³-hybridized carbons (Fsp3) is 0.677. The van der Waals surface area contributed by atoms with Crippen LogP contribution in [0.2, 0.25) is 0 Å². The Bertz CT molecular complexity index is 636. The molecule has 0 aromatic carbocycles. The van der Waals surface area contributed by atoms with E-state index in [1.54, 1.807) is 12.4 Å². The number of carbonyl (C=O) groups excluding carboxylic acids is 1. The van der Waals surface area contributed by atoms with Crippen molar-refractivity contribution in [1.82, 2.24) is 4.98 Å². The third-order valence-electron chi connectivity index (χ3n) is 6.11. The van der Waals surface area contributed by atoms with Crippen molar-refractivity contribution in [3.8, 4) is 0 Å². The summed E-state index contributed by atoms with van der Waals surface area (Å²) in [6, 6.07) is 3.76. The number of carbonyl (C=O) groups is 1. The van der Waals surface area contributed by atoms with Crippen LogP contribution in [0.15, 0.2) is 48.8 Å². The number of unbranched alkanes of at least 4 members (excludes halogenated alkanes) is 12. The highest BCUT2D eigenvalue weighted by Crippen LogP contribution is 2.14. The number of hydrogen-bond donors (Lipinski definition) is 0. The van der Waals surface area contributed by atoms with E-state index >= 15 is 0 Å². The molecule has 0 saturated carbocycles. The first kappa shape index (κ1) is 30.1. The Morgan fingerprint density at radius 2 is 1.35 bits per heavy atom. The van der Waals surface area contributed by atoms with Gasteiger partial charge in [0.25, 0.3) is 0 Å². The van der Waals surface area contributed by atoms with Crippen LogP contribution in [0.1, 0.15) is 129 Å². The van der Waals surface area contributed by atoms with Gasteiger partial charge in [0.1, 0.15) is 6.61 Å². The Labute approximate surface area is 210 Å². The van der Waals surface area contributed by atoms with Gasteiger partial charge in [0, 0.05) is 24.4 Å². The zero-order valence-corrected chi connectivity index (χ0v) is 22.2. The molecular formula is C31H51NO2. The third kappa shape index (κ3) is 20.7. The molecule has 3 heteroatoms. The molecule has 3 nitrogen and oxygen atoms in total.